The van der Waals surface area contributed by atoms with Gasteiger partial charge >= 0.3 is 5.91 Å². The van der Waals surface area contributed by atoms with E-state index in [1.165, 1.54) is 21.9 Å². The molecule has 0 atom stereocenters. The first-order valence-corrected chi connectivity index (χ1v) is 10.6. The Morgan fingerprint density at radius 1 is 1.14 bits per heavy atom. The van der Waals surface area contributed by atoms with Crippen LogP contribution in [0.5, 0.6) is 0 Å². The van der Waals surface area contributed by atoms with Crippen LogP contribution in [0.15, 0.2) is 29.0 Å². The Balaban J connectivity index is 0.000000949. The number of hydrogen-bond donors (Lipinski definition) is 1. The van der Waals surface area contributed by atoms with Crippen molar-refractivity contribution < 1.29 is 18.0 Å². The van der Waals surface area contributed by atoms with Gasteiger partial charge in [-0.3, -0.25) is 4.79 Å². The van der Waals surface area contributed by atoms with E-state index < -0.39 is 11.6 Å². The number of rotatable bonds is 6. The van der Waals surface area contributed by atoms with Crippen molar-refractivity contribution in [3.05, 3.63) is 47.9 Å². The van der Waals surface area contributed by atoms with E-state index in [9.17, 15) is 13.6 Å². The number of nitrogens with zero attached hydrogens (tertiary/aromatic N) is 6. The molecule has 2 N–H and O–H groups in total. The first-order valence-electron chi connectivity index (χ1n) is 10.6. The fourth-order valence-electron chi connectivity index (χ4n) is 3.03. The number of terminal acetylenes is 2. The molecule has 4 aromatic rings. The summed E-state index contributed by atoms with van der Waals surface area (Å²) >= 11 is 0. The minimum atomic E-state index is -0.808. The molecular weight excluding hydrogens is 456 g/mol. The molecule has 0 bridgehead atoms. The maximum atomic E-state index is 14.0. The number of carbonyl (C=O) groups excluding carboxylic acids is 1. The topological polar surface area (TPSA) is 115 Å². The molecule has 11 heteroatoms. The number of oxazole rings is 1. The number of nitrogen functional groups attached to an aromatic ring is 1. The zero-order valence-corrected chi connectivity index (χ0v) is 19.8. The molecule has 0 saturated carbocycles. The van der Waals surface area contributed by atoms with Crippen molar-refractivity contribution in [2.24, 2.45) is 0 Å². The third kappa shape index (κ3) is 6.74. The predicted octanol–water partition coefficient (Wildman–Crippen LogP) is 3.75. The Kier molecular flexibility index (Phi) is 11.3. The Morgan fingerprint density at radius 2 is 1.83 bits per heavy atom. The molecule has 0 unspecified atom stereocenters. The highest BCUT2D eigenvalue weighted by Crippen LogP contribution is 2.23. The van der Waals surface area contributed by atoms with Gasteiger partial charge in [0.15, 0.2) is 17.3 Å². The van der Waals surface area contributed by atoms with Crippen molar-refractivity contribution in [2.75, 3.05) is 19.3 Å². The van der Waals surface area contributed by atoms with Gasteiger partial charge in [0.1, 0.15) is 17.6 Å². The molecule has 9 nitrogen and oxygen atoms in total. The number of halogens is 2. The van der Waals surface area contributed by atoms with Crippen LogP contribution in [0.25, 0.3) is 16.6 Å². The van der Waals surface area contributed by atoms with Gasteiger partial charge in [0.25, 0.3) is 5.89 Å². The molecule has 0 saturated heterocycles. The maximum absolute atomic E-state index is 14.0. The van der Waals surface area contributed by atoms with Gasteiger partial charge < -0.3 is 15.1 Å². The van der Waals surface area contributed by atoms with Crippen LogP contribution in [-0.4, -0.2) is 49.0 Å². The first kappa shape index (κ1) is 28.5. The minimum Gasteiger partial charge on any atom is -0.441 e. The van der Waals surface area contributed by atoms with E-state index in [1.807, 2.05) is 13.8 Å². The first-order chi connectivity index (χ1) is 16.9. The number of aromatic nitrogens is 5. The molecule has 0 radical (unpaired) electrons. The Bertz CT molecular complexity index is 1270. The van der Waals surface area contributed by atoms with Gasteiger partial charge in [0, 0.05) is 26.1 Å². The summed E-state index contributed by atoms with van der Waals surface area (Å²) in [6.45, 7) is 4.50. The van der Waals surface area contributed by atoms with Crippen molar-refractivity contribution in [2.45, 2.75) is 33.1 Å². The third-order valence-corrected chi connectivity index (χ3v) is 4.47. The summed E-state index contributed by atoms with van der Waals surface area (Å²) in [5.41, 5.74) is 6.04. The van der Waals surface area contributed by atoms with Gasteiger partial charge in [-0.25, -0.2) is 23.7 Å². The number of hydrogen-bond acceptors (Lipinski definition) is 7. The monoisotopic (exact) mass is 483 g/mol. The van der Waals surface area contributed by atoms with Crippen LogP contribution in [-0.2, 0) is 6.42 Å². The zero-order chi connectivity index (χ0) is 26.5. The number of amides is 1. The van der Waals surface area contributed by atoms with Crippen LogP contribution < -0.4 is 5.73 Å². The molecule has 0 aliphatic rings. The van der Waals surface area contributed by atoms with Crippen molar-refractivity contribution in [1.82, 2.24) is 29.5 Å². The highest BCUT2D eigenvalue weighted by atomic mass is 19.1. The summed E-state index contributed by atoms with van der Waals surface area (Å²) < 4.78 is 33.9. The van der Waals surface area contributed by atoms with E-state index >= 15 is 0 Å². The number of benzene rings is 1. The number of nitrogens with two attached hydrogens (primary N) is 1. The van der Waals surface area contributed by atoms with E-state index in [-0.39, 0.29) is 34.3 Å². The Morgan fingerprint density at radius 3 is 2.46 bits per heavy atom. The van der Waals surface area contributed by atoms with Gasteiger partial charge in [-0.15, -0.1) is 30.8 Å². The second kappa shape index (κ2) is 13.9. The molecule has 0 spiro atoms. The second-order valence-electron chi connectivity index (χ2n) is 6.54. The zero-order valence-electron chi connectivity index (χ0n) is 19.8. The minimum absolute atomic E-state index is 0.0342. The van der Waals surface area contributed by atoms with E-state index in [2.05, 4.69) is 45.7 Å². The van der Waals surface area contributed by atoms with Crippen LogP contribution in [0, 0.1) is 37.3 Å². The predicted molar refractivity (Wildman–Crippen MR) is 130 cm³/mol. The van der Waals surface area contributed by atoms with Crippen molar-refractivity contribution in [3.63, 3.8) is 0 Å². The highest BCUT2D eigenvalue weighted by Gasteiger charge is 2.17. The van der Waals surface area contributed by atoms with E-state index in [1.54, 1.807) is 7.05 Å². The van der Waals surface area contributed by atoms with Gasteiger partial charge in [-0.05, 0) is 18.9 Å². The van der Waals surface area contributed by atoms with Gasteiger partial charge in [0.05, 0.1) is 11.6 Å². The molecule has 1 aromatic carbocycles. The number of aryl methyl sites for hydroxylation is 1. The Labute approximate surface area is 202 Å². The number of carbonyl (C=O) groups is 1. The molecule has 35 heavy (non-hydrogen) atoms. The lowest BCUT2D eigenvalue weighted by molar-refractivity contribution is 0.0753. The molecule has 3 heterocycles. The SMILES string of the molecule is C#C.C#C.CC.CN(CCCCc1nc2c3cc(F)cc(F)c3nc(N)n2n1)C(=O)c1ncco1. The van der Waals surface area contributed by atoms with Crippen molar-refractivity contribution in [3.8, 4) is 25.7 Å². The normalized spacial score (nSPS) is 9.74. The van der Waals surface area contributed by atoms with Crippen LogP contribution in [0.3, 0.4) is 0 Å². The summed E-state index contributed by atoms with van der Waals surface area (Å²) in [5.74, 6) is -1.35. The Hall–Kier alpha value is -4.51. The number of anilines is 1. The largest absolute Gasteiger partial charge is 0.441 e. The lowest BCUT2D eigenvalue weighted by Crippen LogP contribution is -2.28. The van der Waals surface area contributed by atoms with Gasteiger partial charge in [-0.2, -0.15) is 4.52 Å². The highest BCUT2D eigenvalue weighted by molar-refractivity contribution is 5.92. The van der Waals surface area contributed by atoms with Crippen LogP contribution >= 0.6 is 0 Å². The average Bonchev–Trinajstić information content (AvgIpc) is 3.57. The lowest BCUT2D eigenvalue weighted by Gasteiger charge is -2.14. The molecule has 1 amide bonds. The molecule has 0 aliphatic heterocycles. The summed E-state index contributed by atoms with van der Waals surface area (Å²) in [6, 6.07) is 1.90. The summed E-state index contributed by atoms with van der Waals surface area (Å²) in [5, 5.41) is 4.48. The molecule has 0 fully saturated rings. The fraction of sp³-hybridized carbons (Fsp3) is 0.292. The van der Waals surface area contributed by atoms with E-state index in [0.717, 1.165) is 12.1 Å². The van der Waals surface area contributed by atoms with Gasteiger partial charge in [-0.1, -0.05) is 13.8 Å². The molecule has 3 aromatic heterocycles. The smallest absolute Gasteiger partial charge is 0.309 e. The summed E-state index contributed by atoms with van der Waals surface area (Å²) in [7, 11) is 1.66. The van der Waals surface area contributed by atoms with Crippen LogP contribution in [0.4, 0.5) is 14.7 Å². The van der Waals surface area contributed by atoms with Crippen LogP contribution in [0.2, 0.25) is 0 Å². The summed E-state index contributed by atoms with van der Waals surface area (Å²) in [4.78, 5) is 25.7. The molecule has 184 valence electrons. The third-order valence-electron chi connectivity index (χ3n) is 4.47. The molecular formula is C24H27F2N7O2. The number of unbranched alkanes of at least 4 members (excludes halogenated alkanes) is 1. The second-order valence-corrected chi connectivity index (χ2v) is 6.54. The molecule has 0 aliphatic carbocycles. The molecule has 4 rings (SSSR count). The van der Waals surface area contributed by atoms with E-state index in [4.69, 9.17) is 10.2 Å². The number of fused-ring (bicyclic) bond motifs is 3. The standard InChI is InChI=1S/C18H17F2N7O2.C2H6.2C2H2/c1-26(17(28)16-22-5-7-29-16)6-3-2-4-13-23-15-11-8-10(19)9-12(20)14(11)24-18(21)27(15)25-13;3*1-2/h5,7-9H,2-4,6H2,1H3,(H2,21,24);1-2H3;2*1-2H. The van der Waals surface area contributed by atoms with Crippen LogP contribution in [0.1, 0.15) is 43.2 Å². The fourth-order valence-corrected chi connectivity index (χ4v) is 3.03. The van der Waals surface area contributed by atoms with Gasteiger partial charge in [0.2, 0.25) is 5.95 Å². The average molecular weight is 484 g/mol. The maximum Gasteiger partial charge on any atom is 0.309 e. The summed E-state index contributed by atoms with van der Waals surface area (Å²) in [6.07, 6.45) is 20.6. The van der Waals surface area contributed by atoms with Crippen molar-refractivity contribution >= 4 is 28.4 Å². The van der Waals surface area contributed by atoms with Crippen molar-refractivity contribution in [1.29, 1.82) is 0 Å². The van der Waals surface area contributed by atoms with E-state index in [0.29, 0.717) is 31.6 Å². The quantitative estimate of drug-likeness (QED) is 0.328. The lowest BCUT2D eigenvalue weighted by atomic mass is 10.2.